The van der Waals surface area contributed by atoms with Crippen molar-refractivity contribution < 1.29 is 24.2 Å². The smallest absolute Gasteiger partial charge is 0.411 e. The predicted molar refractivity (Wildman–Crippen MR) is 129 cm³/mol. The SMILES string of the molecule is CC1C(C(=O)O)CCN1C(=O)c1ccc(NC(=O)OCC2c3ccccc3-c3ccccc32)cn1. The summed E-state index contributed by atoms with van der Waals surface area (Å²) in [6.45, 7) is 2.30. The van der Waals surface area contributed by atoms with E-state index >= 15 is 0 Å². The summed E-state index contributed by atoms with van der Waals surface area (Å²) in [5.41, 5.74) is 5.17. The summed E-state index contributed by atoms with van der Waals surface area (Å²) in [6.07, 6.45) is 1.21. The number of ether oxygens (including phenoxy) is 1. The van der Waals surface area contributed by atoms with Gasteiger partial charge in [-0.3, -0.25) is 14.9 Å². The molecule has 5 rings (SSSR count). The number of hydrogen-bond donors (Lipinski definition) is 2. The summed E-state index contributed by atoms with van der Waals surface area (Å²) in [5.74, 6) is -1.84. The Labute approximate surface area is 202 Å². The van der Waals surface area contributed by atoms with Gasteiger partial charge in [0.15, 0.2) is 0 Å². The largest absolute Gasteiger partial charge is 0.481 e. The fourth-order valence-electron chi connectivity index (χ4n) is 5.05. The van der Waals surface area contributed by atoms with Crippen LogP contribution in [0.5, 0.6) is 0 Å². The van der Waals surface area contributed by atoms with Crippen LogP contribution in [0.4, 0.5) is 10.5 Å². The maximum absolute atomic E-state index is 12.8. The molecule has 1 aliphatic carbocycles. The Balaban J connectivity index is 1.20. The lowest BCUT2D eigenvalue weighted by Gasteiger charge is -2.22. The van der Waals surface area contributed by atoms with Gasteiger partial charge in [0.2, 0.25) is 0 Å². The van der Waals surface area contributed by atoms with Crippen LogP contribution in [0.1, 0.15) is 40.9 Å². The highest BCUT2D eigenvalue weighted by atomic mass is 16.5. The second-order valence-corrected chi connectivity index (χ2v) is 8.86. The standard InChI is InChI=1S/C27H25N3O5/c1-16-18(26(32)33)12-13-30(16)25(31)24-11-10-17(14-28-24)29-27(34)35-15-23-21-8-4-2-6-19(21)20-7-3-5-9-22(20)23/h2-11,14,16,18,23H,12-13,15H2,1H3,(H,29,34)(H,32,33). The molecule has 2 heterocycles. The molecule has 2 aromatic carbocycles. The summed E-state index contributed by atoms with van der Waals surface area (Å²) in [4.78, 5) is 42.3. The van der Waals surface area contributed by atoms with Gasteiger partial charge in [0.1, 0.15) is 12.3 Å². The normalized spacial score (nSPS) is 18.6. The molecule has 8 nitrogen and oxygen atoms in total. The fourth-order valence-corrected chi connectivity index (χ4v) is 5.05. The number of aliphatic carboxylic acids is 1. The topological polar surface area (TPSA) is 109 Å². The summed E-state index contributed by atoms with van der Waals surface area (Å²) in [6, 6.07) is 18.9. The number of hydrogen-bond acceptors (Lipinski definition) is 5. The number of nitrogens with one attached hydrogen (secondary N) is 1. The van der Waals surface area contributed by atoms with E-state index in [4.69, 9.17) is 4.74 Å². The molecule has 2 amide bonds. The maximum atomic E-state index is 12.8. The first-order chi connectivity index (χ1) is 16.9. The van der Waals surface area contributed by atoms with E-state index in [0.29, 0.717) is 18.7 Å². The molecular weight excluding hydrogens is 446 g/mol. The van der Waals surface area contributed by atoms with Gasteiger partial charge in [-0.15, -0.1) is 0 Å². The summed E-state index contributed by atoms with van der Waals surface area (Å²) in [5, 5.41) is 11.9. The van der Waals surface area contributed by atoms with Crippen molar-refractivity contribution in [2.75, 3.05) is 18.5 Å². The van der Waals surface area contributed by atoms with Gasteiger partial charge in [-0.05, 0) is 47.7 Å². The van der Waals surface area contributed by atoms with Crippen LogP contribution in [0.25, 0.3) is 11.1 Å². The Morgan fingerprint density at radius 2 is 1.69 bits per heavy atom. The van der Waals surface area contributed by atoms with Crippen LogP contribution < -0.4 is 5.32 Å². The lowest BCUT2D eigenvalue weighted by Crippen LogP contribution is -2.38. The Morgan fingerprint density at radius 1 is 1.03 bits per heavy atom. The monoisotopic (exact) mass is 471 g/mol. The van der Waals surface area contributed by atoms with Crippen molar-refractivity contribution in [3.8, 4) is 11.1 Å². The number of amides is 2. The number of carboxylic acid groups (broad SMARTS) is 1. The van der Waals surface area contributed by atoms with E-state index in [0.717, 1.165) is 22.3 Å². The summed E-state index contributed by atoms with van der Waals surface area (Å²) >= 11 is 0. The molecule has 3 aromatic rings. The third-order valence-corrected chi connectivity index (χ3v) is 6.91. The molecule has 0 radical (unpaired) electrons. The zero-order chi connectivity index (χ0) is 24.5. The number of anilines is 1. The van der Waals surface area contributed by atoms with Crippen molar-refractivity contribution in [2.45, 2.75) is 25.3 Å². The number of likely N-dealkylation sites (tertiary alicyclic amines) is 1. The zero-order valence-corrected chi connectivity index (χ0v) is 19.2. The average Bonchev–Trinajstić information content (AvgIpc) is 3.41. The first-order valence-electron chi connectivity index (χ1n) is 11.6. The Hall–Kier alpha value is -4.20. The third kappa shape index (κ3) is 4.23. The third-order valence-electron chi connectivity index (χ3n) is 6.91. The van der Waals surface area contributed by atoms with Crippen LogP contribution in [0.2, 0.25) is 0 Å². The van der Waals surface area contributed by atoms with Crippen LogP contribution in [-0.2, 0) is 9.53 Å². The molecule has 0 spiro atoms. The van der Waals surface area contributed by atoms with E-state index in [1.54, 1.807) is 13.0 Å². The molecule has 0 saturated carbocycles. The zero-order valence-electron chi connectivity index (χ0n) is 19.2. The average molecular weight is 472 g/mol. The van der Waals surface area contributed by atoms with E-state index in [9.17, 15) is 19.5 Å². The maximum Gasteiger partial charge on any atom is 0.411 e. The number of carbonyl (C=O) groups is 3. The number of benzene rings is 2. The highest BCUT2D eigenvalue weighted by molar-refractivity contribution is 5.94. The van der Waals surface area contributed by atoms with Gasteiger partial charge in [0.25, 0.3) is 5.91 Å². The van der Waals surface area contributed by atoms with E-state index < -0.39 is 24.0 Å². The van der Waals surface area contributed by atoms with Gasteiger partial charge < -0.3 is 14.7 Å². The van der Waals surface area contributed by atoms with Gasteiger partial charge in [-0.1, -0.05) is 48.5 Å². The highest BCUT2D eigenvalue weighted by Crippen LogP contribution is 2.44. The second kappa shape index (κ2) is 9.21. The number of aromatic nitrogens is 1. The van der Waals surface area contributed by atoms with E-state index in [-0.39, 0.29) is 24.1 Å². The molecule has 2 unspecified atom stereocenters. The molecule has 178 valence electrons. The quantitative estimate of drug-likeness (QED) is 0.572. The minimum atomic E-state index is -0.900. The van der Waals surface area contributed by atoms with Crippen molar-refractivity contribution in [2.24, 2.45) is 5.92 Å². The molecule has 35 heavy (non-hydrogen) atoms. The van der Waals surface area contributed by atoms with Crippen LogP contribution in [0, 0.1) is 5.92 Å². The van der Waals surface area contributed by atoms with Crippen molar-refractivity contribution in [1.82, 2.24) is 9.88 Å². The van der Waals surface area contributed by atoms with Crippen molar-refractivity contribution in [3.63, 3.8) is 0 Å². The van der Waals surface area contributed by atoms with Crippen molar-refractivity contribution >= 4 is 23.7 Å². The first kappa shape index (κ1) is 22.6. The van der Waals surface area contributed by atoms with E-state index in [2.05, 4.69) is 34.6 Å². The minimum absolute atomic E-state index is 0.0386. The molecule has 1 aliphatic heterocycles. The molecule has 8 heteroatoms. The molecule has 2 N–H and O–H groups in total. The lowest BCUT2D eigenvalue weighted by molar-refractivity contribution is -0.142. The molecular formula is C27H25N3O5. The summed E-state index contributed by atoms with van der Waals surface area (Å²) in [7, 11) is 0. The van der Waals surface area contributed by atoms with E-state index in [1.165, 1.54) is 17.2 Å². The number of pyridine rings is 1. The fraction of sp³-hybridized carbons (Fsp3) is 0.259. The summed E-state index contributed by atoms with van der Waals surface area (Å²) < 4.78 is 5.54. The molecule has 0 bridgehead atoms. The number of carbonyl (C=O) groups excluding carboxylic acids is 2. The van der Waals surface area contributed by atoms with E-state index in [1.807, 2.05) is 24.3 Å². The minimum Gasteiger partial charge on any atom is -0.481 e. The molecule has 1 aromatic heterocycles. The molecule has 2 atom stereocenters. The van der Waals surface area contributed by atoms with Crippen molar-refractivity contribution in [3.05, 3.63) is 83.7 Å². The highest BCUT2D eigenvalue weighted by Gasteiger charge is 2.38. The van der Waals surface area contributed by atoms with Crippen LogP contribution in [-0.4, -0.2) is 52.2 Å². The van der Waals surface area contributed by atoms with Crippen LogP contribution >= 0.6 is 0 Å². The Kier molecular flexibility index (Phi) is 5.94. The van der Waals surface area contributed by atoms with Gasteiger partial charge in [0, 0.05) is 18.5 Å². The van der Waals surface area contributed by atoms with Gasteiger partial charge in [-0.2, -0.15) is 0 Å². The Bertz CT molecular complexity index is 1240. The number of fused-ring (bicyclic) bond motifs is 3. The van der Waals surface area contributed by atoms with Crippen LogP contribution in [0.3, 0.4) is 0 Å². The van der Waals surface area contributed by atoms with Gasteiger partial charge >= 0.3 is 12.1 Å². The van der Waals surface area contributed by atoms with Crippen LogP contribution in [0.15, 0.2) is 66.9 Å². The van der Waals surface area contributed by atoms with Gasteiger partial charge in [-0.25, -0.2) is 9.78 Å². The molecule has 2 aliphatic rings. The Morgan fingerprint density at radius 3 is 2.26 bits per heavy atom. The predicted octanol–water partition coefficient (Wildman–Crippen LogP) is 4.38. The molecule has 1 fully saturated rings. The number of nitrogens with zero attached hydrogens (tertiary/aromatic N) is 2. The van der Waals surface area contributed by atoms with Crippen molar-refractivity contribution in [1.29, 1.82) is 0 Å². The molecule has 1 saturated heterocycles. The second-order valence-electron chi connectivity index (χ2n) is 8.86. The number of carboxylic acids is 1. The first-order valence-corrected chi connectivity index (χ1v) is 11.6. The lowest BCUT2D eigenvalue weighted by atomic mass is 9.98. The number of rotatable bonds is 5. The van der Waals surface area contributed by atoms with Gasteiger partial charge in [0.05, 0.1) is 17.8 Å².